The number of carbonyl (C=O) groups is 1. The van der Waals surface area contributed by atoms with Crippen LogP contribution in [0.25, 0.3) is 5.69 Å². The fraction of sp³-hybridized carbons (Fsp3) is 0.412. The number of nitrogens with zero attached hydrogens (tertiary/aromatic N) is 2. The summed E-state index contributed by atoms with van der Waals surface area (Å²) in [6, 6.07) is 10.6. The lowest BCUT2D eigenvalue weighted by Crippen LogP contribution is -2.42. The van der Waals surface area contributed by atoms with Crippen molar-refractivity contribution < 1.29 is 4.79 Å². The molecule has 0 spiro atoms. The maximum atomic E-state index is 12.6. The van der Waals surface area contributed by atoms with Gasteiger partial charge in [-0.2, -0.15) is 5.53 Å². The molecule has 1 aromatic carbocycles. The number of benzene rings is 1. The van der Waals surface area contributed by atoms with Crippen molar-refractivity contribution in [1.29, 1.82) is 0 Å². The van der Waals surface area contributed by atoms with Crippen LogP contribution in [-0.4, -0.2) is 27.8 Å². The van der Waals surface area contributed by atoms with Crippen LogP contribution < -0.4 is 21.7 Å². The van der Waals surface area contributed by atoms with Gasteiger partial charge in [0.1, 0.15) is 0 Å². The molecule has 7 heteroatoms. The molecule has 4 rings (SSSR count). The molecule has 24 heavy (non-hydrogen) atoms. The lowest BCUT2D eigenvalue weighted by molar-refractivity contribution is -0.121. The highest BCUT2D eigenvalue weighted by Crippen LogP contribution is 2.27. The van der Waals surface area contributed by atoms with E-state index in [2.05, 4.69) is 26.8 Å². The molecule has 3 atom stereocenters. The van der Waals surface area contributed by atoms with Crippen molar-refractivity contribution in [2.45, 2.75) is 38.3 Å². The van der Waals surface area contributed by atoms with Crippen LogP contribution >= 0.6 is 0 Å². The molecule has 2 fully saturated rings. The normalized spacial score (nSPS) is 26.1. The van der Waals surface area contributed by atoms with Gasteiger partial charge in [0.05, 0.1) is 5.69 Å². The minimum Gasteiger partial charge on any atom is -0.309 e. The van der Waals surface area contributed by atoms with E-state index in [1.807, 2.05) is 43.5 Å². The van der Waals surface area contributed by atoms with Gasteiger partial charge < -0.3 is 5.32 Å². The molecule has 0 radical (unpaired) electrons. The number of carbonyl (C=O) groups excluding carboxylic acids is 1. The van der Waals surface area contributed by atoms with Gasteiger partial charge in [0.15, 0.2) is 5.82 Å². The number of rotatable bonds is 3. The fourth-order valence-electron chi connectivity index (χ4n) is 3.48. The van der Waals surface area contributed by atoms with Crippen molar-refractivity contribution in [2.75, 3.05) is 5.32 Å². The van der Waals surface area contributed by atoms with Crippen LogP contribution in [0.5, 0.6) is 0 Å². The summed E-state index contributed by atoms with van der Waals surface area (Å²) in [5, 5.41) is 7.54. The molecule has 1 saturated heterocycles. The largest absolute Gasteiger partial charge is 0.309 e. The van der Waals surface area contributed by atoms with Crippen molar-refractivity contribution in [1.82, 2.24) is 26.2 Å². The van der Waals surface area contributed by atoms with Crippen molar-refractivity contribution in [3.8, 4) is 5.69 Å². The number of hydrogen-bond donors (Lipinski definition) is 4. The highest BCUT2D eigenvalue weighted by molar-refractivity contribution is 5.92. The van der Waals surface area contributed by atoms with E-state index in [0.29, 0.717) is 17.9 Å². The number of aromatic nitrogens is 2. The zero-order chi connectivity index (χ0) is 16.5. The average molecular weight is 326 g/mol. The van der Waals surface area contributed by atoms with E-state index in [9.17, 15) is 4.79 Å². The lowest BCUT2D eigenvalue weighted by Gasteiger charge is -2.29. The van der Waals surface area contributed by atoms with Gasteiger partial charge in [-0.1, -0.05) is 18.2 Å². The van der Waals surface area contributed by atoms with Crippen molar-refractivity contribution in [3.63, 3.8) is 0 Å². The Morgan fingerprint density at radius 1 is 1.21 bits per heavy atom. The quantitative estimate of drug-likeness (QED) is 0.683. The van der Waals surface area contributed by atoms with Crippen LogP contribution in [0.15, 0.2) is 36.5 Å². The van der Waals surface area contributed by atoms with Gasteiger partial charge in [-0.25, -0.2) is 15.5 Å². The summed E-state index contributed by atoms with van der Waals surface area (Å²) < 4.78 is 1.80. The van der Waals surface area contributed by atoms with Gasteiger partial charge in [0.2, 0.25) is 5.91 Å². The summed E-state index contributed by atoms with van der Waals surface area (Å²) in [4.78, 5) is 12.6. The molecule has 2 heterocycles. The minimum atomic E-state index is 0.0155. The molecule has 2 aromatic rings. The number of hydrazine groups is 2. The molecule has 0 bridgehead atoms. The summed E-state index contributed by atoms with van der Waals surface area (Å²) in [6.07, 6.45) is 4.64. The molecule has 4 N–H and O–H groups in total. The monoisotopic (exact) mass is 326 g/mol. The number of anilines is 1. The van der Waals surface area contributed by atoms with E-state index in [-0.39, 0.29) is 11.8 Å². The van der Waals surface area contributed by atoms with Gasteiger partial charge in [-0.05, 0) is 38.3 Å². The highest BCUT2D eigenvalue weighted by atomic mass is 16.2. The Morgan fingerprint density at radius 3 is 2.83 bits per heavy atom. The third kappa shape index (κ3) is 2.93. The van der Waals surface area contributed by atoms with Crippen LogP contribution in [0.2, 0.25) is 0 Å². The van der Waals surface area contributed by atoms with Crippen molar-refractivity contribution in [3.05, 3.63) is 42.1 Å². The maximum Gasteiger partial charge on any atom is 0.228 e. The van der Waals surface area contributed by atoms with Gasteiger partial charge in [0.25, 0.3) is 0 Å². The van der Waals surface area contributed by atoms with Gasteiger partial charge in [0, 0.05) is 29.8 Å². The first-order chi connectivity index (χ1) is 11.7. The predicted octanol–water partition coefficient (Wildman–Crippen LogP) is 1.27. The van der Waals surface area contributed by atoms with Crippen LogP contribution in [-0.2, 0) is 4.79 Å². The Bertz CT molecular complexity index is 728. The molecule has 1 saturated carbocycles. The number of hydrogen-bond acceptors (Lipinski definition) is 5. The summed E-state index contributed by atoms with van der Waals surface area (Å²) in [5.41, 5.74) is 11.3. The van der Waals surface area contributed by atoms with Crippen LogP contribution in [0.4, 0.5) is 5.82 Å². The summed E-state index contributed by atoms with van der Waals surface area (Å²) in [5.74, 6) is 0.715. The zero-order valence-corrected chi connectivity index (χ0v) is 13.6. The van der Waals surface area contributed by atoms with Crippen LogP contribution in [0.1, 0.15) is 24.8 Å². The molecule has 1 aliphatic carbocycles. The maximum absolute atomic E-state index is 12.6. The standard InChI is InChI=1S/C17H22N6O/c1-11-10-23(13-5-3-2-4-6-13)21-16(11)18-17(24)12-7-8-14-15(9-12)20-22-19-14/h2-6,10,12,14-15,19-20,22H,7-9H2,1H3,(H,18,21,24). The summed E-state index contributed by atoms with van der Waals surface area (Å²) >= 11 is 0. The number of nitrogens with one attached hydrogen (secondary N) is 4. The number of fused-ring (bicyclic) bond motifs is 1. The molecule has 7 nitrogen and oxygen atoms in total. The van der Waals surface area contributed by atoms with Gasteiger partial charge >= 0.3 is 0 Å². The molecule has 3 unspecified atom stereocenters. The molecular weight excluding hydrogens is 304 g/mol. The molecule has 2 aliphatic rings. The third-order valence-electron chi connectivity index (χ3n) is 4.90. The SMILES string of the molecule is Cc1cn(-c2ccccc2)nc1NC(=O)C1CCC2NNNC2C1. The number of amides is 1. The van der Waals surface area contributed by atoms with E-state index < -0.39 is 0 Å². The van der Waals surface area contributed by atoms with E-state index >= 15 is 0 Å². The smallest absolute Gasteiger partial charge is 0.228 e. The van der Waals surface area contributed by atoms with Crippen LogP contribution in [0.3, 0.4) is 0 Å². The van der Waals surface area contributed by atoms with Crippen LogP contribution in [0, 0.1) is 12.8 Å². The Kier molecular flexibility index (Phi) is 4.05. The highest BCUT2D eigenvalue weighted by Gasteiger charge is 2.36. The number of aryl methyl sites for hydroxylation is 1. The summed E-state index contributed by atoms with van der Waals surface area (Å²) in [7, 11) is 0. The van der Waals surface area contributed by atoms with Crippen molar-refractivity contribution >= 4 is 11.7 Å². The predicted molar refractivity (Wildman–Crippen MR) is 91.3 cm³/mol. The molecule has 1 aromatic heterocycles. The second-order valence-corrected chi connectivity index (χ2v) is 6.57. The first-order valence-corrected chi connectivity index (χ1v) is 8.39. The fourth-order valence-corrected chi connectivity index (χ4v) is 3.48. The van der Waals surface area contributed by atoms with E-state index in [1.54, 1.807) is 4.68 Å². The molecular formula is C17H22N6O. The summed E-state index contributed by atoms with van der Waals surface area (Å²) in [6.45, 7) is 1.96. The molecule has 1 aliphatic heterocycles. The Labute approximate surface area is 140 Å². The third-order valence-corrected chi connectivity index (χ3v) is 4.90. The van der Waals surface area contributed by atoms with E-state index in [4.69, 9.17) is 0 Å². The topological polar surface area (TPSA) is 83.0 Å². The Balaban J connectivity index is 1.45. The lowest BCUT2D eigenvalue weighted by atomic mass is 9.82. The van der Waals surface area contributed by atoms with Gasteiger partial charge in [-0.3, -0.25) is 4.79 Å². The average Bonchev–Trinajstić information content (AvgIpc) is 3.22. The number of para-hydroxylation sites is 1. The first kappa shape index (κ1) is 15.3. The van der Waals surface area contributed by atoms with E-state index in [0.717, 1.165) is 30.5 Å². The molecule has 126 valence electrons. The molecule has 1 amide bonds. The second-order valence-electron chi connectivity index (χ2n) is 6.57. The van der Waals surface area contributed by atoms with Crippen molar-refractivity contribution in [2.24, 2.45) is 5.92 Å². The van der Waals surface area contributed by atoms with E-state index in [1.165, 1.54) is 0 Å². The van der Waals surface area contributed by atoms with Gasteiger partial charge in [-0.15, -0.1) is 5.10 Å². The zero-order valence-electron chi connectivity index (χ0n) is 13.6. The Morgan fingerprint density at radius 2 is 2.00 bits per heavy atom. The minimum absolute atomic E-state index is 0.0155. The first-order valence-electron chi connectivity index (χ1n) is 8.39. The second kappa shape index (κ2) is 6.35. The Hall–Kier alpha value is -2.22.